The number of nitrogens with zero attached hydrogens (tertiary/aromatic N) is 1. The Morgan fingerprint density at radius 1 is 1.10 bits per heavy atom. The van der Waals surface area contributed by atoms with Gasteiger partial charge in [0.15, 0.2) is 0 Å². The van der Waals surface area contributed by atoms with E-state index in [0.29, 0.717) is 17.1 Å². The lowest BCUT2D eigenvalue weighted by Crippen LogP contribution is -2.21. The molecule has 3 aromatic carbocycles. The van der Waals surface area contributed by atoms with Gasteiger partial charge in [-0.15, -0.1) is 0 Å². The summed E-state index contributed by atoms with van der Waals surface area (Å²) in [4.78, 5) is 12.3. The van der Waals surface area contributed by atoms with Crippen molar-refractivity contribution in [3.05, 3.63) is 101 Å². The van der Waals surface area contributed by atoms with Gasteiger partial charge in [0.1, 0.15) is 34.7 Å². The fourth-order valence-electron chi connectivity index (χ4n) is 3.51. The third kappa shape index (κ3) is 3.67. The van der Waals surface area contributed by atoms with Crippen LogP contribution in [0.2, 0.25) is 0 Å². The number of carbonyl (C=O) groups is 1. The van der Waals surface area contributed by atoms with Gasteiger partial charge in [-0.25, -0.2) is 9.18 Å². The molecule has 0 saturated carbocycles. The summed E-state index contributed by atoms with van der Waals surface area (Å²) in [5, 5.41) is 9.69. The molecule has 0 aliphatic carbocycles. The zero-order valence-electron chi connectivity index (χ0n) is 16.5. The van der Waals surface area contributed by atoms with Crippen molar-refractivity contribution in [2.24, 2.45) is 5.73 Å². The number of para-hydroxylation sites is 1. The van der Waals surface area contributed by atoms with Gasteiger partial charge in [0.2, 0.25) is 5.88 Å². The highest BCUT2D eigenvalue weighted by Gasteiger charge is 2.32. The van der Waals surface area contributed by atoms with Gasteiger partial charge in [-0.2, -0.15) is 5.26 Å². The van der Waals surface area contributed by atoms with Gasteiger partial charge in [0.05, 0.1) is 18.6 Å². The predicted molar refractivity (Wildman–Crippen MR) is 110 cm³/mol. The summed E-state index contributed by atoms with van der Waals surface area (Å²) in [7, 11) is 1.55. The van der Waals surface area contributed by atoms with E-state index in [9.17, 15) is 14.4 Å². The predicted octanol–water partition coefficient (Wildman–Crippen LogP) is 4.27. The highest BCUT2D eigenvalue weighted by Crippen LogP contribution is 2.45. The van der Waals surface area contributed by atoms with Crippen LogP contribution in [-0.4, -0.2) is 13.1 Å². The first-order valence-corrected chi connectivity index (χ1v) is 9.34. The SMILES string of the molecule is COc1ccccc1C1C(C#N)=C(N)Oc2cc(OC(=O)c3ccccc3F)ccc21. The molecule has 4 rings (SSSR count). The molecule has 0 amide bonds. The van der Waals surface area contributed by atoms with Crippen LogP contribution in [0.1, 0.15) is 27.4 Å². The van der Waals surface area contributed by atoms with Crippen molar-refractivity contribution in [2.45, 2.75) is 5.92 Å². The van der Waals surface area contributed by atoms with Gasteiger partial charge in [-0.05, 0) is 24.3 Å². The second-order valence-electron chi connectivity index (χ2n) is 6.74. The van der Waals surface area contributed by atoms with E-state index in [1.54, 1.807) is 31.4 Å². The number of fused-ring (bicyclic) bond motifs is 1. The minimum atomic E-state index is -0.837. The van der Waals surface area contributed by atoms with E-state index in [4.69, 9.17) is 19.9 Å². The van der Waals surface area contributed by atoms with E-state index in [1.807, 2.05) is 18.2 Å². The van der Waals surface area contributed by atoms with Gasteiger partial charge in [0.25, 0.3) is 0 Å². The molecule has 0 bridgehead atoms. The maximum absolute atomic E-state index is 13.9. The van der Waals surface area contributed by atoms with Crippen LogP contribution >= 0.6 is 0 Å². The van der Waals surface area contributed by atoms with Gasteiger partial charge in [-0.3, -0.25) is 0 Å². The van der Waals surface area contributed by atoms with Crippen LogP contribution in [0, 0.1) is 17.1 Å². The number of halogens is 1. The van der Waals surface area contributed by atoms with E-state index in [0.717, 1.165) is 5.56 Å². The fourth-order valence-corrected chi connectivity index (χ4v) is 3.51. The van der Waals surface area contributed by atoms with E-state index < -0.39 is 17.7 Å². The average molecular weight is 416 g/mol. The van der Waals surface area contributed by atoms with Crippen molar-refractivity contribution < 1.29 is 23.4 Å². The van der Waals surface area contributed by atoms with Gasteiger partial charge < -0.3 is 19.9 Å². The topological polar surface area (TPSA) is 94.6 Å². The van der Waals surface area contributed by atoms with Crippen LogP contribution in [0.4, 0.5) is 4.39 Å². The molecule has 0 saturated heterocycles. The molecule has 1 atom stereocenters. The first-order valence-electron chi connectivity index (χ1n) is 9.34. The van der Waals surface area contributed by atoms with Crippen LogP contribution in [0.3, 0.4) is 0 Å². The first kappa shape index (κ1) is 20.0. The van der Waals surface area contributed by atoms with Gasteiger partial charge in [0, 0.05) is 17.2 Å². The molecule has 0 fully saturated rings. The highest BCUT2D eigenvalue weighted by atomic mass is 19.1. The van der Waals surface area contributed by atoms with E-state index in [2.05, 4.69) is 6.07 Å². The molecule has 1 heterocycles. The molecule has 0 aromatic heterocycles. The third-order valence-corrected chi connectivity index (χ3v) is 4.94. The standard InChI is InChI=1S/C24H17FN2O4/c1-29-20-9-5-3-7-16(20)22-17-11-10-14(12-21(17)31-23(27)18(22)13-26)30-24(28)15-6-2-4-8-19(15)25/h2-12,22H,27H2,1H3. The Kier molecular flexibility index (Phi) is 5.29. The number of methoxy groups -OCH3 is 1. The number of nitriles is 1. The minimum Gasteiger partial charge on any atom is -0.496 e. The van der Waals surface area contributed by atoms with Crippen molar-refractivity contribution in [1.29, 1.82) is 5.26 Å². The summed E-state index contributed by atoms with van der Waals surface area (Å²) >= 11 is 0. The van der Waals surface area contributed by atoms with Crippen LogP contribution in [0.5, 0.6) is 17.2 Å². The lowest BCUT2D eigenvalue weighted by atomic mass is 9.83. The smallest absolute Gasteiger partial charge is 0.346 e. The molecular weight excluding hydrogens is 399 g/mol. The minimum absolute atomic E-state index is 0.0523. The summed E-state index contributed by atoms with van der Waals surface area (Å²) in [6, 6.07) is 19.7. The molecule has 1 unspecified atom stereocenters. The van der Waals surface area contributed by atoms with Crippen molar-refractivity contribution >= 4 is 5.97 Å². The highest BCUT2D eigenvalue weighted by molar-refractivity contribution is 5.91. The molecule has 7 heteroatoms. The normalized spacial score (nSPS) is 14.8. The molecule has 3 aromatic rings. The second-order valence-corrected chi connectivity index (χ2v) is 6.74. The molecule has 0 radical (unpaired) electrons. The Morgan fingerprint density at radius 2 is 1.84 bits per heavy atom. The zero-order chi connectivity index (χ0) is 22.0. The number of hydrogen-bond donors (Lipinski definition) is 1. The van der Waals surface area contributed by atoms with Gasteiger partial charge >= 0.3 is 5.97 Å². The third-order valence-electron chi connectivity index (χ3n) is 4.94. The first-order chi connectivity index (χ1) is 15.0. The average Bonchev–Trinajstić information content (AvgIpc) is 2.78. The molecule has 1 aliphatic heterocycles. The number of allylic oxidation sites excluding steroid dienone is 1. The number of nitrogens with two attached hydrogens (primary N) is 1. The van der Waals surface area contributed by atoms with E-state index >= 15 is 0 Å². The van der Waals surface area contributed by atoms with Gasteiger partial charge in [-0.1, -0.05) is 36.4 Å². The van der Waals surface area contributed by atoms with Crippen LogP contribution < -0.4 is 19.9 Å². The maximum Gasteiger partial charge on any atom is 0.346 e. The van der Waals surface area contributed by atoms with E-state index in [1.165, 1.54) is 24.3 Å². The molecular formula is C24H17FN2O4. The van der Waals surface area contributed by atoms with Crippen molar-refractivity contribution in [3.63, 3.8) is 0 Å². The molecule has 6 nitrogen and oxygen atoms in total. The summed E-state index contributed by atoms with van der Waals surface area (Å²) in [6.45, 7) is 0. The monoisotopic (exact) mass is 416 g/mol. The summed E-state index contributed by atoms with van der Waals surface area (Å²) in [6.07, 6.45) is 0. The largest absolute Gasteiger partial charge is 0.496 e. The van der Waals surface area contributed by atoms with Crippen molar-refractivity contribution in [2.75, 3.05) is 7.11 Å². The van der Waals surface area contributed by atoms with Crippen molar-refractivity contribution in [3.8, 4) is 23.3 Å². The Morgan fingerprint density at radius 3 is 2.58 bits per heavy atom. The lowest BCUT2D eigenvalue weighted by molar-refractivity contribution is 0.0729. The Hall–Kier alpha value is -4.31. The number of esters is 1. The molecule has 31 heavy (non-hydrogen) atoms. The molecule has 154 valence electrons. The quantitative estimate of drug-likeness (QED) is 0.504. The van der Waals surface area contributed by atoms with Crippen LogP contribution in [0.15, 0.2) is 78.2 Å². The number of ether oxygens (including phenoxy) is 3. The zero-order valence-corrected chi connectivity index (χ0v) is 16.5. The maximum atomic E-state index is 13.9. The summed E-state index contributed by atoms with van der Waals surface area (Å²) in [5.41, 5.74) is 7.48. The number of carbonyl (C=O) groups excluding carboxylic acids is 1. The second kappa shape index (κ2) is 8.20. The number of rotatable bonds is 4. The number of hydrogen-bond acceptors (Lipinski definition) is 6. The fraction of sp³-hybridized carbons (Fsp3) is 0.0833. The lowest BCUT2D eigenvalue weighted by Gasteiger charge is -2.27. The number of benzene rings is 3. The van der Waals surface area contributed by atoms with Crippen LogP contribution in [0.25, 0.3) is 0 Å². The Labute approximate surface area is 177 Å². The molecule has 1 aliphatic rings. The molecule has 0 spiro atoms. The summed E-state index contributed by atoms with van der Waals surface area (Å²) in [5.74, 6) is -1.02. The van der Waals surface area contributed by atoms with Crippen molar-refractivity contribution in [1.82, 2.24) is 0 Å². The molecule has 2 N–H and O–H groups in total. The van der Waals surface area contributed by atoms with Crippen LogP contribution in [-0.2, 0) is 0 Å². The summed E-state index contributed by atoms with van der Waals surface area (Å²) < 4.78 is 30.3. The Bertz CT molecular complexity index is 1250. The Balaban J connectivity index is 1.74. The van der Waals surface area contributed by atoms with E-state index in [-0.39, 0.29) is 22.8 Å².